The molecule has 8 nitrogen and oxygen atoms in total. The number of benzene rings is 1. The Morgan fingerprint density at radius 1 is 1.25 bits per heavy atom. The van der Waals surface area contributed by atoms with Crippen molar-refractivity contribution in [1.82, 2.24) is 25.1 Å². The van der Waals surface area contributed by atoms with E-state index in [1.54, 1.807) is 35.0 Å². The number of phenols is 1. The van der Waals surface area contributed by atoms with Crippen LogP contribution in [0.2, 0.25) is 0 Å². The molecule has 2 aliphatic heterocycles. The van der Waals surface area contributed by atoms with Crippen LogP contribution >= 0.6 is 0 Å². The molecular weight excluding hydrogens is 409 g/mol. The standard InChI is InChI=1S/C23H24FN7O/c1-30(20-9-14-3-2-4-19(27-14)23(20)24)22-8-7-18(28-29-22)17-6-5-16(10-21(17)32)31-12-15(11-25)26-13-31/h5-8,10,12-14,19-20,23,27,32H,2-4,9H2,1H3/t14-,19+,20+,23-/m1/s1. The minimum absolute atomic E-state index is 0.0418. The second-order valence-corrected chi connectivity index (χ2v) is 8.52. The first-order valence-electron chi connectivity index (χ1n) is 10.8. The number of hydrogen-bond acceptors (Lipinski definition) is 7. The first-order chi connectivity index (χ1) is 15.5. The molecule has 2 aromatic heterocycles. The lowest BCUT2D eigenvalue weighted by molar-refractivity contribution is 0.107. The first kappa shape index (κ1) is 20.4. The highest BCUT2D eigenvalue weighted by Gasteiger charge is 2.41. The zero-order valence-corrected chi connectivity index (χ0v) is 17.7. The number of fused-ring (bicyclic) bond motifs is 2. The number of phenolic OH excluding ortho intramolecular Hbond substituents is 1. The highest BCUT2D eigenvalue weighted by molar-refractivity contribution is 5.69. The van der Waals surface area contributed by atoms with E-state index in [1.165, 1.54) is 6.33 Å². The molecule has 0 aliphatic carbocycles. The van der Waals surface area contributed by atoms with E-state index < -0.39 is 6.17 Å². The number of hydrogen-bond donors (Lipinski definition) is 2. The summed E-state index contributed by atoms with van der Waals surface area (Å²) in [6.45, 7) is 0. The SMILES string of the molecule is CN(c1ccc(-c2ccc(-n3cnc(C#N)c3)cc2O)nn1)[C@H]1C[C@H]2CCC[C@H](N2)[C@H]1F. The van der Waals surface area contributed by atoms with E-state index in [4.69, 9.17) is 5.26 Å². The lowest BCUT2D eigenvalue weighted by atomic mass is 9.82. The Kier molecular flexibility index (Phi) is 5.23. The summed E-state index contributed by atoms with van der Waals surface area (Å²) in [4.78, 5) is 5.86. The smallest absolute Gasteiger partial charge is 0.158 e. The molecule has 32 heavy (non-hydrogen) atoms. The summed E-state index contributed by atoms with van der Waals surface area (Å²) in [5, 5.41) is 31.5. The summed E-state index contributed by atoms with van der Waals surface area (Å²) < 4.78 is 16.7. The number of aromatic hydroxyl groups is 1. The third-order valence-corrected chi connectivity index (χ3v) is 6.56. The van der Waals surface area contributed by atoms with Gasteiger partial charge in [0.2, 0.25) is 0 Å². The van der Waals surface area contributed by atoms with Crippen LogP contribution in [-0.4, -0.2) is 56.2 Å². The molecule has 4 heterocycles. The molecule has 0 spiro atoms. The Hall–Kier alpha value is -3.51. The third kappa shape index (κ3) is 3.67. The summed E-state index contributed by atoms with van der Waals surface area (Å²) in [6.07, 6.45) is 5.96. The van der Waals surface area contributed by atoms with E-state index >= 15 is 4.39 Å². The fourth-order valence-corrected chi connectivity index (χ4v) is 4.80. The lowest BCUT2D eigenvalue weighted by Crippen LogP contribution is -2.61. The second kappa shape index (κ2) is 8.20. The van der Waals surface area contributed by atoms with E-state index in [9.17, 15) is 5.11 Å². The number of nitrogens with one attached hydrogen (secondary N) is 1. The Labute approximate surface area is 185 Å². The summed E-state index contributed by atoms with van der Waals surface area (Å²) >= 11 is 0. The zero-order valence-electron chi connectivity index (χ0n) is 17.7. The van der Waals surface area contributed by atoms with Crippen molar-refractivity contribution in [1.29, 1.82) is 5.26 Å². The zero-order chi connectivity index (χ0) is 22.2. The fraction of sp³-hybridized carbons (Fsp3) is 0.391. The Bertz CT molecular complexity index is 1160. The molecule has 0 radical (unpaired) electrons. The van der Waals surface area contributed by atoms with Gasteiger partial charge in [-0.1, -0.05) is 6.42 Å². The fourth-order valence-electron chi connectivity index (χ4n) is 4.80. The van der Waals surface area contributed by atoms with Crippen LogP contribution in [0.4, 0.5) is 10.2 Å². The number of aromatic nitrogens is 4. The monoisotopic (exact) mass is 433 g/mol. The van der Waals surface area contributed by atoms with Crippen LogP contribution in [0.15, 0.2) is 42.9 Å². The molecule has 2 saturated heterocycles. The molecule has 0 unspecified atom stereocenters. The van der Waals surface area contributed by atoms with Gasteiger partial charge >= 0.3 is 0 Å². The van der Waals surface area contributed by atoms with Crippen molar-refractivity contribution >= 4 is 5.82 Å². The van der Waals surface area contributed by atoms with Gasteiger partial charge in [0.05, 0.1) is 17.4 Å². The summed E-state index contributed by atoms with van der Waals surface area (Å²) in [7, 11) is 1.87. The van der Waals surface area contributed by atoms with E-state index in [0.717, 1.165) is 25.7 Å². The van der Waals surface area contributed by atoms with Crippen LogP contribution < -0.4 is 10.2 Å². The second-order valence-electron chi connectivity index (χ2n) is 8.52. The topological polar surface area (TPSA) is 103 Å². The number of alkyl halides is 1. The molecule has 5 rings (SSSR count). The molecule has 3 aromatic rings. The van der Waals surface area contributed by atoms with Gasteiger partial charge in [-0.05, 0) is 43.5 Å². The van der Waals surface area contributed by atoms with Crippen molar-refractivity contribution in [2.45, 2.75) is 50.0 Å². The minimum atomic E-state index is -0.945. The maximum absolute atomic E-state index is 15.0. The van der Waals surface area contributed by atoms with E-state index in [2.05, 4.69) is 20.5 Å². The van der Waals surface area contributed by atoms with Crippen molar-refractivity contribution in [3.8, 4) is 28.8 Å². The summed E-state index contributed by atoms with van der Waals surface area (Å²) in [5.41, 5.74) is 2.03. The number of piperidine rings is 2. The molecule has 2 N–H and O–H groups in total. The van der Waals surface area contributed by atoms with Gasteiger partial charge in [-0.15, -0.1) is 10.2 Å². The van der Waals surface area contributed by atoms with Gasteiger partial charge < -0.3 is 19.9 Å². The molecule has 2 fully saturated rings. The van der Waals surface area contributed by atoms with Crippen LogP contribution in [0, 0.1) is 11.3 Å². The Morgan fingerprint density at radius 3 is 2.84 bits per heavy atom. The maximum Gasteiger partial charge on any atom is 0.158 e. The minimum Gasteiger partial charge on any atom is -0.507 e. The maximum atomic E-state index is 15.0. The average Bonchev–Trinajstić information content (AvgIpc) is 3.31. The summed E-state index contributed by atoms with van der Waals surface area (Å²) in [5.74, 6) is 0.653. The largest absolute Gasteiger partial charge is 0.507 e. The van der Waals surface area contributed by atoms with Crippen LogP contribution in [0.1, 0.15) is 31.4 Å². The highest BCUT2D eigenvalue weighted by atomic mass is 19.1. The van der Waals surface area contributed by atoms with E-state index in [0.29, 0.717) is 34.5 Å². The van der Waals surface area contributed by atoms with E-state index in [1.807, 2.05) is 24.1 Å². The van der Waals surface area contributed by atoms with Crippen molar-refractivity contribution in [3.05, 3.63) is 48.5 Å². The van der Waals surface area contributed by atoms with Crippen molar-refractivity contribution in [2.24, 2.45) is 0 Å². The van der Waals surface area contributed by atoms with Gasteiger partial charge in [0.1, 0.15) is 24.3 Å². The first-order valence-corrected chi connectivity index (χ1v) is 10.8. The third-order valence-electron chi connectivity index (χ3n) is 6.56. The molecule has 9 heteroatoms. The number of halogens is 1. The van der Waals surface area contributed by atoms with Crippen LogP contribution in [0.5, 0.6) is 5.75 Å². The number of nitriles is 1. The van der Waals surface area contributed by atoms with Crippen LogP contribution in [0.25, 0.3) is 16.9 Å². The van der Waals surface area contributed by atoms with Crippen molar-refractivity contribution in [3.63, 3.8) is 0 Å². The molecule has 2 aliphatic rings. The van der Waals surface area contributed by atoms with Crippen molar-refractivity contribution < 1.29 is 9.50 Å². The quantitative estimate of drug-likeness (QED) is 0.652. The van der Waals surface area contributed by atoms with Gasteiger partial charge in [0.25, 0.3) is 0 Å². The molecular formula is C23H24FN7O. The van der Waals surface area contributed by atoms with Gasteiger partial charge in [0.15, 0.2) is 11.5 Å². The molecule has 2 bridgehead atoms. The molecule has 0 saturated carbocycles. The van der Waals surface area contributed by atoms with Gasteiger partial charge in [-0.2, -0.15) is 5.26 Å². The number of anilines is 1. The van der Waals surface area contributed by atoms with Crippen LogP contribution in [-0.2, 0) is 0 Å². The predicted octanol–water partition coefficient (Wildman–Crippen LogP) is 2.96. The normalized spacial score (nSPS) is 24.7. The van der Waals surface area contributed by atoms with E-state index in [-0.39, 0.29) is 17.8 Å². The van der Waals surface area contributed by atoms with Gasteiger partial charge in [0, 0.05) is 37.0 Å². The van der Waals surface area contributed by atoms with Gasteiger partial charge in [-0.3, -0.25) is 0 Å². The van der Waals surface area contributed by atoms with Crippen LogP contribution in [0.3, 0.4) is 0 Å². The van der Waals surface area contributed by atoms with Gasteiger partial charge in [-0.25, -0.2) is 9.37 Å². The molecule has 4 atom stereocenters. The lowest BCUT2D eigenvalue weighted by Gasteiger charge is -2.46. The number of rotatable bonds is 4. The summed E-state index contributed by atoms with van der Waals surface area (Å²) in [6, 6.07) is 10.8. The van der Waals surface area contributed by atoms with Crippen molar-refractivity contribution in [2.75, 3.05) is 11.9 Å². The molecule has 164 valence electrons. The number of nitrogens with zero attached hydrogens (tertiary/aromatic N) is 6. The predicted molar refractivity (Wildman–Crippen MR) is 117 cm³/mol. The number of imidazole rings is 1. The average molecular weight is 433 g/mol. The highest BCUT2D eigenvalue weighted by Crippen LogP contribution is 2.33. The molecule has 1 aromatic carbocycles. The Balaban J connectivity index is 1.35. The molecule has 0 amide bonds. The Morgan fingerprint density at radius 2 is 2.12 bits per heavy atom.